The van der Waals surface area contributed by atoms with Crippen molar-refractivity contribution in [2.24, 2.45) is 5.92 Å². The van der Waals surface area contributed by atoms with Crippen LogP contribution >= 0.6 is 0 Å². The highest BCUT2D eigenvalue weighted by Crippen LogP contribution is 2.08. The Hall–Kier alpha value is -1.23. The SMILES string of the molecule is CC(=O)C(O)/C(=C\C(C)C)[N+](=O)[O-]. The Morgan fingerprint density at radius 3 is 2.23 bits per heavy atom. The molecule has 0 rings (SSSR count). The number of carbonyl (C=O) groups is 1. The molecule has 74 valence electrons. The van der Waals surface area contributed by atoms with Gasteiger partial charge in [0, 0.05) is 0 Å². The largest absolute Gasteiger partial charge is 0.375 e. The van der Waals surface area contributed by atoms with Gasteiger partial charge >= 0.3 is 0 Å². The van der Waals surface area contributed by atoms with Gasteiger partial charge in [0.1, 0.15) is 0 Å². The van der Waals surface area contributed by atoms with E-state index in [1.165, 1.54) is 6.08 Å². The van der Waals surface area contributed by atoms with E-state index < -0.39 is 22.5 Å². The standard InChI is InChI=1S/C8H13NO4/c1-5(2)4-7(9(12)13)8(11)6(3)10/h4-5,8,11H,1-3H3/b7-4+. The van der Waals surface area contributed by atoms with Crippen LogP contribution in [-0.2, 0) is 4.79 Å². The summed E-state index contributed by atoms with van der Waals surface area (Å²) in [6.07, 6.45) is -0.344. The summed E-state index contributed by atoms with van der Waals surface area (Å²) in [5.41, 5.74) is -0.442. The predicted molar refractivity (Wildman–Crippen MR) is 46.6 cm³/mol. The smallest absolute Gasteiger partial charge is 0.278 e. The third-order valence-electron chi connectivity index (χ3n) is 1.38. The van der Waals surface area contributed by atoms with Crippen LogP contribution in [0.3, 0.4) is 0 Å². The number of carbonyl (C=O) groups excluding carboxylic acids is 1. The minimum atomic E-state index is -1.61. The van der Waals surface area contributed by atoms with Crippen molar-refractivity contribution < 1.29 is 14.8 Å². The molecule has 0 fully saturated rings. The zero-order valence-corrected chi connectivity index (χ0v) is 7.85. The van der Waals surface area contributed by atoms with Gasteiger partial charge in [-0.3, -0.25) is 14.9 Å². The fraction of sp³-hybridized carbons (Fsp3) is 0.625. The van der Waals surface area contributed by atoms with E-state index in [-0.39, 0.29) is 5.92 Å². The van der Waals surface area contributed by atoms with Crippen molar-refractivity contribution in [3.8, 4) is 0 Å². The fourth-order valence-corrected chi connectivity index (χ4v) is 0.802. The molecule has 0 heterocycles. The van der Waals surface area contributed by atoms with Crippen LogP contribution in [0, 0.1) is 16.0 Å². The molecule has 0 aromatic rings. The quantitative estimate of drug-likeness (QED) is 0.520. The van der Waals surface area contributed by atoms with Gasteiger partial charge in [0.05, 0.1) is 4.92 Å². The first kappa shape index (κ1) is 11.8. The summed E-state index contributed by atoms with van der Waals surface area (Å²) in [7, 11) is 0. The van der Waals surface area contributed by atoms with Gasteiger partial charge in [0.2, 0.25) is 6.10 Å². The van der Waals surface area contributed by atoms with Gasteiger partial charge in [-0.15, -0.1) is 0 Å². The molecular formula is C8H13NO4. The molecule has 1 unspecified atom stereocenters. The molecule has 1 atom stereocenters. The molecule has 0 amide bonds. The van der Waals surface area contributed by atoms with E-state index in [9.17, 15) is 14.9 Å². The average Bonchev–Trinajstić information content (AvgIpc) is 1.97. The van der Waals surface area contributed by atoms with Gasteiger partial charge in [-0.1, -0.05) is 13.8 Å². The Bertz CT molecular complexity index is 245. The van der Waals surface area contributed by atoms with Crippen molar-refractivity contribution in [2.45, 2.75) is 26.9 Å². The highest BCUT2D eigenvalue weighted by atomic mass is 16.6. The molecule has 0 aliphatic rings. The van der Waals surface area contributed by atoms with E-state index in [4.69, 9.17) is 5.11 Å². The number of hydrogen-bond acceptors (Lipinski definition) is 4. The number of aliphatic hydroxyl groups is 1. The number of allylic oxidation sites excluding steroid dienone is 1. The molecule has 1 N–H and O–H groups in total. The Labute approximate surface area is 76.2 Å². The maximum absolute atomic E-state index is 10.7. The summed E-state index contributed by atoms with van der Waals surface area (Å²) in [6, 6.07) is 0. The first-order valence-electron chi connectivity index (χ1n) is 3.91. The van der Waals surface area contributed by atoms with Gasteiger partial charge < -0.3 is 5.11 Å². The molecule has 5 heteroatoms. The van der Waals surface area contributed by atoms with Crippen LogP contribution in [0.1, 0.15) is 20.8 Å². The summed E-state index contributed by atoms with van der Waals surface area (Å²) in [4.78, 5) is 20.4. The normalized spacial score (nSPS) is 14.4. The second-order valence-corrected chi connectivity index (χ2v) is 3.11. The number of nitrogens with zero attached hydrogens (tertiary/aromatic N) is 1. The fourth-order valence-electron chi connectivity index (χ4n) is 0.802. The van der Waals surface area contributed by atoms with Crippen LogP contribution in [0.5, 0.6) is 0 Å². The van der Waals surface area contributed by atoms with E-state index in [0.717, 1.165) is 6.92 Å². The lowest BCUT2D eigenvalue weighted by Gasteiger charge is -2.04. The Kier molecular flexibility index (Phi) is 4.27. The lowest BCUT2D eigenvalue weighted by atomic mass is 10.1. The maximum Gasteiger partial charge on any atom is 0.278 e. The zero-order valence-electron chi connectivity index (χ0n) is 7.85. The van der Waals surface area contributed by atoms with Crippen LogP contribution in [0.15, 0.2) is 11.8 Å². The Morgan fingerprint density at radius 1 is 1.54 bits per heavy atom. The van der Waals surface area contributed by atoms with Gasteiger partial charge in [-0.25, -0.2) is 0 Å². The van der Waals surface area contributed by atoms with Crippen LogP contribution in [-0.4, -0.2) is 21.9 Å². The highest BCUT2D eigenvalue weighted by Gasteiger charge is 2.26. The van der Waals surface area contributed by atoms with Crippen molar-refractivity contribution in [1.82, 2.24) is 0 Å². The molecular weight excluding hydrogens is 174 g/mol. The molecule has 0 aromatic carbocycles. The second-order valence-electron chi connectivity index (χ2n) is 3.11. The third-order valence-corrected chi connectivity index (χ3v) is 1.38. The van der Waals surface area contributed by atoms with Crippen LogP contribution in [0.2, 0.25) is 0 Å². The van der Waals surface area contributed by atoms with Crippen molar-refractivity contribution in [1.29, 1.82) is 0 Å². The van der Waals surface area contributed by atoms with Gasteiger partial charge in [-0.05, 0) is 18.9 Å². The second kappa shape index (κ2) is 4.71. The minimum absolute atomic E-state index is 0.0746. The monoisotopic (exact) mass is 187 g/mol. The number of rotatable bonds is 4. The number of aliphatic hydroxyl groups excluding tert-OH is 1. The highest BCUT2D eigenvalue weighted by molar-refractivity contribution is 5.82. The van der Waals surface area contributed by atoms with E-state index in [1.807, 2.05) is 0 Å². The van der Waals surface area contributed by atoms with Gasteiger partial charge in [0.15, 0.2) is 5.78 Å². The summed E-state index contributed by atoms with van der Waals surface area (Å²) < 4.78 is 0. The Balaban J connectivity index is 4.82. The number of hydrogen-bond donors (Lipinski definition) is 1. The molecule has 0 aliphatic heterocycles. The predicted octanol–water partition coefficient (Wildman–Crippen LogP) is 0.753. The summed E-state index contributed by atoms with van der Waals surface area (Å²) in [5, 5.41) is 19.6. The maximum atomic E-state index is 10.7. The van der Waals surface area contributed by atoms with Crippen molar-refractivity contribution in [3.63, 3.8) is 0 Å². The molecule has 0 bridgehead atoms. The van der Waals surface area contributed by atoms with Crippen molar-refractivity contribution in [2.75, 3.05) is 0 Å². The molecule has 13 heavy (non-hydrogen) atoms. The number of ketones is 1. The molecule has 0 spiro atoms. The van der Waals surface area contributed by atoms with Crippen molar-refractivity contribution >= 4 is 5.78 Å². The van der Waals surface area contributed by atoms with E-state index in [1.54, 1.807) is 13.8 Å². The van der Waals surface area contributed by atoms with E-state index in [2.05, 4.69) is 0 Å². The first-order chi connectivity index (χ1) is 5.86. The molecule has 0 saturated heterocycles. The number of nitro groups is 1. The van der Waals surface area contributed by atoms with Crippen LogP contribution in [0.4, 0.5) is 0 Å². The molecule has 0 aromatic heterocycles. The lowest BCUT2D eigenvalue weighted by Crippen LogP contribution is -2.24. The summed E-state index contributed by atoms with van der Waals surface area (Å²) in [5.74, 6) is -0.696. The minimum Gasteiger partial charge on any atom is -0.375 e. The van der Waals surface area contributed by atoms with E-state index in [0.29, 0.717) is 0 Å². The Morgan fingerprint density at radius 2 is 2.00 bits per heavy atom. The van der Waals surface area contributed by atoms with Gasteiger partial charge in [0.25, 0.3) is 5.70 Å². The topological polar surface area (TPSA) is 80.4 Å². The summed E-state index contributed by atoms with van der Waals surface area (Å²) in [6.45, 7) is 4.58. The average molecular weight is 187 g/mol. The third kappa shape index (κ3) is 3.80. The molecule has 5 nitrogen and oxygen atoms in total. The van der Waals surface area contributed by atoms with E-state index >= 15 is 0 Å². The van der Waals surface area contributed by atoms with Crippen LogP contribution in [0.25, 0.3) is 0 Å². The zero-order chi connectivity index (χ0) is 10.6. The first-order valence-corrected chi connectivity index (χ1v) is 3.91. The molecule has 0 aliphatic carbocycles. The van der Waals surface area contributed by atoms with Crippen molar-refractivity contribution in [3.05, 3.63) is 21.9 Å². The van der Waals surface area contributed by atoms with Crippen LogP contribution < -0.4 is 0 Å². The molecule has 0 saturated carbocycles. The lowest BCUT2D eigenvalue weighted by molar-refractivity contribution is -0.434. The molecule has 0 radical (unpaired) electrons. The summed E-state index contributed by atoms with van der Waals surface area (Å²) >= 11 is 0. The van der Waals surface area contributed by atoms with Gasteiger partial charge in [-0.2, -0.15) is 0 Å². The number of Topliss-reactive ketones (excluding diaryl/α,β-unsaturated/α-hetero) is 1.